The van der Waals surface area contributed by atoms with E-state index in [9.17, 15) is 9.59 Å². The summed E-state index contributed by atoms with van der Waals surface area (Å²) in [5.41, 5.74) is 0. The van der Waals surface area contributed by atoms with Gasteiger partial charge in [-0.15, -0.1) is 0 Å². The van der Waals surface area contributed by atoms with E-state index in [-0.39, 0.29) is 5.78 Å². The number of unbranched alkanes of at least 4 members (excludes halogenated alkanes) is 10. The molecule has 0 heterocycles. The van der Waals surface area contributed by atoms with E-state index in [0.717, 1.165) is 23.3 Å². The van der Waals surface area contributed by atoms with Gasteiger partial charge in [-0.3, -0.25) is 9.59 Å². The molecule has 0 bridgehead atoms. The van der Waals surface area contributed by atoms with Gasteiger partial charge >= 0.3 is 0 Å². The molecule has 0 aromatic heterocycles. The molecule has 0 aliphatic heterocycles. The fraction of sp³-hybridized carbons (Fsp3) is 0.760. The Balaban J connectivity index is 3.54. The lowest BCUT2D eigenvalue weighted by molar-refractivity contribution is -0.111. The number of carbonyl (C=O) groups excluding carboxylic acids is 2. The first kappa shape index (κ1) is 28.5. The molecule has 0 aliphatic carbocycles. The summed E-state index contributed by atoms with van der Waals surface area (Å²) in [4.78, 5) is 21.4. The van der Waals surface area contributed by atoms with E-state index >= 15 is 0 Å². The molecule has 0 radical (unpaired) electrons. The third kappa shape index (κ3) is 18.0. The predicted molar refractivity (Wildman–Crippen MR) is 134 cm³/mol. The Labute approximate surface area is 189 Å². The number of ketones is 1. The average molecular weight is 441 g/mol. The lowest BCUT2D eigenvalue weighted by Gasteiger charge is -2.24. The Morgan fingerprint density at radius 3 is 1.79 bits per heavy atom. The van der Waals surface area contributed by atoms with Gasteiger partial charge in [0, 0.05) is 10.5 Å². The van der Waals surface area contributed by atoms with Crippen LogP contribution in [0.25, 0.3) is 0 Å². The molecule has 0 saturated heterocycles. The summed E-state index contributed by atoms with van der Waals surface area (Å²) in [5, 5.41) is 1.67. The summed E-state index contributed by atoms with van der Waals surface area (Å²) in [6.07, 6.45) is 29.6. The Kier molecular flexibility index (Phi) is 21.8. The van der Waals surface area contributed by atoms with E-state index < -0.39 is 0 Å². The van der Waals surface area contributed by atoms with Crippen molar-refractivity contribution in [2.24, 2.45) is 0 Å². The summed E-state index contributed by atoms with van der Waals surface area (Å²) < 4.78 is 0. The molecular weight excluding hydrogens is 396 g/mol. The predicted octanol–water partition coefficient (Wildman–Crippen LogP) is 7.81. The Morgan fingerprint density at radius 2 is 1.28 bits per heavy atom. The quantitative estimate of drug-likeness (QED) is 0.103. The maximum atomic E-state index is 11.3. The van der Waals surface area contributed by atoms with Gasteiger partial charge in [0.15, 0.2) is 5.78 Å². The zero-order valence-corrected chi connectivity index (χ0v) is 20.7. The van der Waals surface area contributed by atoms with Crippen molar-refractivity contribution in [1.82, 2.24) is 0 Å². The largest absolute Gasteiger partial charge is 0.299 e. The molecule has 0 fully saturated rings. The number of carbonyl (C=O) groups is 2. The third-order valence-corrected chi connectivity index (χ3v) is 7.85. The van der Waals surface area contributed by atoms with Crippen molar-refractivity contribution >= 4 is 35.6 Å². The number of allylic oxidation sites excluding steroid dienone is 4. The van der Waals surface area contributed by atoms with Crippen molar-refractivity contribution in [3.63, 3.8) is 0 Å². The molecule has 2 atom stereocenters. The summed E-state index contributed by atoms with van der Waals surface area (Å²) in [6.45, 7) is 2.29. The molecular formula is C25H44O2S2. The Hall–Kier alpha value is -0.480. The van der Waals surface area contributed by atoms with Crippen LogP contribution in [0.4, 0.5) is 0 Å². The zero-order chi connectivity index (χ0) is 21.6. The second-order valence-electron chi connectivity index (χ2n) is 7.75. The van der Waals surface area contributed by atoms with Crippen LogP contribution < -0.4 is 0 Å². The summed E-state index contributed by atoms with van der Waals surface area (Å²) >= 11 is 4.15. The highest BCUT2D eigenvalue weighted by atomic mass is 32.2. The molecule has 168 valence electrons. The third-order valence-electron chi connectivity index (χ3n) is 5.34. The minimum atomic E-state index is -0.106. The lowest BCUT2D eigenvalue weighted by Crippen LogP contribution is -2.19. The SMILES string of the molecule is CCCCC(SC)C(CCCCCCCCCCC/C=C/C(=O)/C=C/C=O)SC. The highest BCUT2D eigenvalue weighted by molar-refractivity contribution is 8.03. The standard InChI is InChI=1S/C25H44O2S2/c1-4-5-20-24(28-2)25(29-3)21-16-14-12-10-8-6-7-9-11-13-15-18-23(27)19-17-22-26/h15,17-19,22,24-25H,4-14,16,20-21H2,1-3H3/b18-15+,19-17+. The van der Waals surface area contributed by atoms with Gasteiger partial charge in [-0.1, -0.05) is 77.2 Å². The Bertz CT molecular complexity index is 446. The van der Waals surface area contributed by atoms with Crippen LogP contribution in [0.2, 0.25) is 0 Å². The van der Waals surface area contributed by atoms with Crippen LogP contribution >= 0.6 is 23.5 Å². The second-order valence-corrected chi connectivity index (χ2v) is 9.90. The highest BCUT2D eigenvalue weighted by Crippen LogP contribution is 2.29. The van der Waals surface area contributed by atoms with Crippen LogP contribution in [0.15, 0.2) is 24.3 Å². The van der Waals surface area contributed by atoms with E-state index in [0.29, 0.717) is 6.29 Å². The number of aldehydes is 1. The van der Waals surface area contributed by atoms with Crippen LogP contribution in [-0.2, 0) is 9.59 Å². The van der Waals surface area contributed by atoms with Crippen molar-refractivity contribution < 1.29 is 9.59 Å². The first-order chi connectivity index (χ1) is 14.2. The van der Waals surface area contributed by atoms with Crippen molar-refractivity contribution in [3.8, 4) is 0 Å². The van der Waals surface area contributed by atoms with Gasteiger partial charge in [0.1, 0.15) is 6.29 Å². The van der Waals surface area contributed by atoms with E-state index in [1.807, 2.05) is 6.08 Å². The van der Waals surface area contributed by atoms with E-state index in [1.54, 1.807) is 6.08 Å². The molecule has 0 rings (SSSR count). The van der Waals surface area contributed by atoms with Gasteiger partial charge in [-0.2, -0.15) is 23.5 Å². The van der Waals surface area contributed by atoms with Gasteiger partial charge in [-0.05, 0) is 56.4 Å². The maximum absolute atomic E-state index is 11.3. The summed E-state index contributed by atoms with van der Waals surface area (Å²) in [6, 6.07) is 0. The van der Waals surface area contributed by atoms with Crippen molar-refractivity contribution in [2.45, 2.75) is 107 Å². The molecule has 29 heavy (non-hydrogen) atoms. The number of hydrogen-bond acceptors (Lipinski definition) is 4. The molecule has 2 unspecified atom stereocenters. The molecule has 0 amide bonds. The molecule has 0 aliphatic rings. The van der Waals surface area contributed by atoms with E-state index in [4.69, 9.17) is 0 Å². The molecule has 0 spiro atoms. The molecule has 0 saturated carbocycles. The van der Waals surface area contributed by atoms with Crippen molar-refractivity contribution in [2.75, 3.05) is 12.5 Å². The minimum absolute atomic E-state index is 0.106. The minimum Gasteiger partial charge on any atom is -0.299 e. The van der Waals surface area contributed by atoms with Gasteiger partial charge in [0.05, 0.1) is 0 Å². The maximum Gasteiger partial charge on any atom is 0.178 e. The van der Waals surface area contributed by atoms with Crippen LogP contribution in [0.1, 0.15) is 96.8 Å². The van der Waals surface area contributed by atoms with Gasteiger partial charge in [0.2, 0.25) is 0 Å². The second kappa shape index (κ2) is 22.2. The van der Waals surface area contributed by atoms with Crippen LogP contribution in [0.5, 0.6) is 0 Å². The number of hydrogen-bond donors (Lipinski definition) is 0. The molecule has 4 heteroatoms. The van der Waals surface area contributed by atoms with Crippen molar-refractivity contribution in [1.29, 1.82) is 0 Å². The normalized spacial score (nSPS) is 13.9. The van der Waals surface area contributed by atoms with Gasteiger partial charge < -0.3 is 0 Å². The fourth-order valence-corrected chi connectivity index (χ4v) is 5.90. The Morgan fingerprint density at radius 1 is 0.759 bits per heavy atom. The fourth-order valence-electron chi connectivity index (χ4n) is 3.55. The topological polar surface area (TPSA) is 34.1 Å². The van der Waals surface area contributed by atoms with Crippen LogP contribution in [0, 0.1) is 0 Å². The van der Waals surface area contributed by atoms with Gasteiger partial charge in [0.25, 0.3) is 0 Å². The summed E-state index contributed by atoms with van der Waals surface area (Å²) in [7, 11) is 0. The zero-order valence-electron chi connectivity index (χ0n) is 19.1. The lowest BCUT2D eigenvalue weighted by atomic mass is 10.0. The smallest absolute Gasteiger partial charge is 0.178 e. The molecule has 0 aromatic carbocycles. The van der Waals surface area contributed by atoms with Gasteiger partial charge in [-0.25, -0.2) is 0 Å². The van der Waals surface area contributed by atoms with Crippen molar-refractivity contribution in [3.05, 3.63) is 24.3 Å². The monoisotopic (exact) mass is 440 g/mol. The highest BCUT2D eigenvalue weighted by Gasteiger charge is 2.18. The molecule has 0 N–H and O–H groups in total. The molecule has 0 aromatic rings. The van der Waals surface area contributed by atoms with E-state index in [1.165, 1.54) is 89.2 Å². The van der Waals surface area contributed by atoms with Crippen LogP contribution in [0.3, 0.4) is 0 Å². The first-order valence-corrected chi connectivity index (χ1v) is 14.1. The molecule has 2 nitrogen and oxygen atoms in total. The van der Waals surface area contributed by atoms with Crippen LogP contribution in [-0.4, -0.2) is 35.1 Å². The average Bonchev–Trinajstić information content (AvgIpc) is 2.74. The van der Waals surface area contributed by atoms with E-state index in [2.05, 4.69) is 43.0 Å². The summed E-state index contributed by atoms with van der Waals surface area (Å²) in [5.74, 6) is -0.106. The number of thioether (sulfide) groups is 2. The first-order valence-electron chi connectivity index (χ1n) is 11.6. The number of rotatable bonds is 21.